The topological polar surface area (TPSA) is 77.1 Å². The van der Waals surface area contributed by atoms with Crippen molar-refractivity contribution in [3.63, 3.8) is 0 Å². The Morgan fingerprint density at radius 3 is 2.75 bits per heavy atom. The van der Waals surface area contributed by atoms with Gasteiger partial charge in [0.25, 0.3) is 5.56 Å². The zero-order chi connectivity index (χ0) is 14.7. The average Bonchev–Trinajstić information content (AvgIpc) is 2.37. The number of hydrogen-bond donors (Lipinski definition) is 2. The molecule has 0 aliphatic rings. The van der Waals surface area contributed by atoms with Crippen LogP contribution in [0.2, 0.25) is 0 Å². The second-order valence-electron chi connectivity index (χ2n) is 4.45. The van der Waals surface area contributed by atoms with Gasteiger partial charge in [0, 0.05) is 18.0 Å². The van der Waals surface area contributed by atoms with Crippen molar-refractivity contribution in [1.29, 1.82) is 0 Å². The summed E-state index contributed by atoms with van der Waals surface area (Å²) in [5.41, 5.74) is 6.33. The van der Waals surface area contributed by atoms with Crippen LogP contribution in [0.3, 0.4) is 0 Å². The number of amides is 1. The fraction of sp³-hybridized carbons (Fsp3) is 0.143. The van der Waals surface area contributed by atoms with E-state index in [1.165, 1.54) is 28.8 Å². The molecule has 0 aliphatic heterocycles. The molecule has 6 heteroatoms. The van der Waals surface area contributed by atoms with Crippen LogP contribution in [0.4, 0.5) is 15.8 Å². The number of carbonyl (C=O) groups excluding carboxylic acids is 1. The minimum atomic E-state index is -0.544. The maximum atomic E-state index is 13.0. The monoisotopic (exact) mass is 275 g/mol. The van der Waals surface area contributed by atoms with Crippen LogP contribution >= 0.6 is 0 Å². The number of nitrogens with zero attached hydrogens (tertiary/aromatic N) is 1. The molecule has 1 aromatic heterocycles. The van der Waals surface area contributed by atoms with Crippen molar-refractivity contribution in [2.75, 3.05) is 11.1 Å². The molecule has 3 N–H and O–H groups in total. The van der Waals surface area contributed by atoms with E-state index in [2.05, 4.69) is 5.32 Å². The molecule has 20 heavy (non-hydrogen) atoms. The molecule has 0 saturated carbocycles. The SMILES string of the molecule is Cc1ccn(CC(=O)Nc2ccc(F)c(N)c2)c(=O)c1. The molecule has 0 radical (unpaired) electrons. The van der Waals surface area contributed by atoms with E-state index >= 15 is 0 Å². The van der Waals surface area contributed by atoms with E-state index in [0.29, 0.717) is 5.69 Å². The summed E-state index contributed by atoms with van der Waals surface area (Å²) in [6, 6.07) is 7.09. The standard InChI is InChI=1S/C14H14FN3O2/c1-9-4-5-18(14(20)6-9)8-13(19)17-10-2-3-11(15)12(16)7-10/h2-7H,8,16H2,1H3,(H,17,19). The lowest BCUT2D eigenvalue weighted by Gasteiger charge is -2.08. The lowest BCUT2D eigenvalue weighted by Crippen LogP contribution is -2.26. The second-order valence-corrected chi connectivity index (χ2v) is 4.45. The molecule has 2 aromatic rings. The van der Waals surface area contributed by atoms with Gasteiger partial charge in [0.2, 0.25) is 5.91 Å². The predicted molar refractivity (Wildman–Crippen MR) is 74.9 cm³/mol. The summed E-state index contributed by atoms with van der Waals surface area (Å²) in [5, 5.41) is 2.55. The Morgan fingerprint density at radius 2 is 2.10 bits per heavy atom. The Hall–Kier alpha value is -2.63. The molecule has 0 unspecified atom stereocenters. The van der Waals surface area contributed by atoms with Gasteiger partial charge in [0.1, 0.15) is 12.4 Å². The Labute approximate surface area is 114 Å². The molecule has 5 nitrogen and oxygen atoms in total. The molecule has 0 saturated heterocycles. The Bertz CT molecular complexity index is 710. The Balaban J connectivity index is 2.09. The molecule has 0 spiro atoms. The summed E-state index contributed by atoms with van der Waals surface area (Å²) in [6.45, 7) is 1.68. The quantitative estimate of drug-likeness (QED) is 0.834. The fourth-order valence-corrected chi connectivity index (χ4v) is 1.71. The lowest BCUT2D eigenvalue weighted by atomic mass is 10.2. The number of pyridine rings is 1. The third-order valence-corrected chi connectivity index (χ3v) is 2.75. The largest absolute Gasteiger partial charge is 0.396 e. The number of nitrogen functional groups attached to an aromatic ring is 1. The van der Waals surface area contributed by atoms with Crippen molar-refractivity contribution in [2.45, 2.75) is 13.5 Å². The number of carbonyl (C=O) groups is 1. The van der Waals surface area contributed by atoms with Gasteiger partial charge in [-0.25, -0.2) is 4.39 Å². The van der Waals surface area contributed by atoms with Crippen molar-refractivity contribution in [3.05, 3.63) is 58.3 Å². The first-order valence-corrected chi connectivity index (χ1v) is 5.97. The first-order chi connectivity index (χ1) is 9.45. The summed E-state index contributed by atoms with van der Waals surface area (Å²) in [7, 11) is 0. The van der Waals surface area contributed by atoms with Gasteiger partial charge in [0.15, 0.2) is 0 Å². The van der Waals surface area contributed by atoms with Crippen LogP contribution in [0, 0.1) is 12.7 Å². The van der Waals surface area contributed by atoms with Gasteiger partial charge >= 0.3 is 0 Å². The minimum Gasteiger partial charge on any atom is -0.396 e. The van der Waals surface area contributed by atoms with Crippen LogP contribution in [-0.4, -0.2) is 10.5 Å². The third kappa shape index (κ3) is 3.23. The van der Waals surface area contributed by atoms with Crippen molar-refractivity contribution in [3.8, 4) is 0 Å². The molecule has 1 heterocycles. The van der Waals surface area contributed by atoms with Crippen LogP contribution in [0.25, 0.3) is 0 Å². The maximum absolute atomic E-state index is 13.0. The smallest absolute Gasteiger partial charge is 0.251 e. The molecule has 104 valence electrons. The lowest BCUT2D eigenvalue weighted by molar-refractivity contribution is -0.116. The number of nitrogens with two attached hydrogens (primary N) is 1. The number of aromatic nitrogens is 1. The first kappa shape index (κ1) is 13.8. The van der Waals surface area contributed by atoms with Crippen LogP contribution in [0.1, 0.15) is 5.56 Å². The molecule has 1 amide bonds. The van der Waals surface area contributed by atoms with Crippen molar-refractivity contribution >= 4 is 17.3 Å². The van der Waals surface area contributed by atoms with Gasteiger partial charge in [-0.05, 0) is 36.8 Å². The average molecular weight is 275 g/mol. The van der Waals surface area contributed by atoms with Crippen molar-refractivity contribution in [1.82, 2.24) is 4.57 Å². The van der Waals surface area contributed by atoms with E-state index in [0.717, 1.165) is 5.56 Å². The van der Waals surface area contributed by atoms with Gasteiger partial charge in [-0.3, -0.25) is 9.59 Å². The number of nitrogens with one attached hydrogen (secondary N) is 1. The third-order valence-electron chi connectivity index (χ3n) is 2.75. The Kier molecular flexibility index (Phi) is 3.84. The summed E-state index contributed by atoms with van der Waals surface area (Å²) >= 11 is 0. The number of aryl methyl sites for hydroxylation is 1. The van der Waals surface area contributed by atoms with Crippen LogP contribution in [0.5, 0.6) is 0 Å². The van der Waals surface area contributed by atoms with Gasteiger partial charge in [-0.15, -0.1) is 0 Å². The molecule has 1 aromatic carbocycles. The van der Waals surface area contributed by atoms with E-state index in [4.69, 9.17) is 5.73 Å². The first-order valence-electron chi connectivity index (χ1n) is 5.97. The van der Waals surface area contributed by atoms with Gasteiger partial charge < -0.3 is 15.6 Å². The molecule has 2 rings (SSSR count). The molecule has 0 aliphatic carbocycles. The number of rotatable bonds is 3. The van der Waals surface area contributed by atoms with Crippen LogP contribution < -0.4 is 16.6 Å². The van der Waals surface area contributed by atoms with Gasteiger partial charge in [-0.1, -0.05) is 0 Å². The summed E-state index contributed by atoms with van der Waals surface area (Å²) in [6.07, 6.45) is 1.55. The van der Waals surface area contributed by atoms with E-state index < -0.39 is 5.82 Å². The number of benzene rings is 1. The second kappa shape index (κ2) is 5.56. The maximum Gasteiger partial charge on any atom is 0.251 e. The highest BCUT2D eigenvalue weighted by atomic mass is 19.1. The van der Waals surface area contributed by atoms with Gasteiger partial charge in [0.05, 0.1) is 5.69 Å². The van der Waals surface area contributed by atoms with Crippen LogP contribution in [-0.2, 0) is 11.3 Å². The molecular formula is C14H14FN3O2. The highest BCUT2D eigenvalue weighted by Crippen LogP contribution is 2.16. The van der Waals surface area contributed by atoms with Crippen molar-refractivity contribution < 1.29 is 9.18 Å². The van der Waals surface area contributed by atoms with E-state index in [-0.39, 0.29) is 23.7 Å². The number of halogens is 1. The van der Waals surface area contributed by atoms with E-state index in [1.807, 2.05) is 0 Å². The van der Waals surface area contributed by atoms with Gasteiger partial charge in [-0.2, -0.15) is 0 Å². The Morgan fingerprint density at radius 1 is 1.35 bits per heavy atom. The highest BCUT2D eigenvalue weighted by Gasteiger charge is 2.06. The minimum absolute atomic E-state index is 0.0460. The molecular weight excluding hydrogens is 261 g/mol. The normalized spacial score (nSPS) is 10.3. The number of hydrogen-bond acceptors (Lipinski definition) is 3. The molecule has 0 fully saturated rings. The molecule has 0 atom stereocenters. The summed E-state index contributed by atoms with van der Waals surface area (Å²) in [4.78, 5) is 23.4. The van der Waals surface area contributed by atoms with E-state index in [1.54, 1.807) is 19.2 Å². The summed E-state index contributed by atoms with van der Waals surface area (Å²) < 4.78 is 14.3. The zero-order valence-corrected chi connectivity index (χ0v) is 10.9. The fourth-order valence-electron chi connectivity index (χ4n) is 1.71. The highest BCUT2D eigenvalue weighted by molar-refractivity contribution is 5.91. The number of anilines is 2. The van der Waals surface area contributed by atoms with Crippen LogP contribution in [0.15, 0.2) is 41.3 Å². The van der Waals surface area contributed by atoms with Crippen molar-refractivity contribution in [2.24, 2.45) is 0 Å². The molecule has 0 bridgehead atoms. The zero-order valence-electron chi connectivity index (χ0n) is 10.9. The van der Waals surface area contributed by atoms with E-state index in [9.17, 15) is 14.0 Å². The summed E-state index contributed by atoms with van der Waals surface area (Å²) in [5.74, 6) is -0.931. The predicted octanol–water partition coefficient (Wildman–Crippen LogP) is 1.52.